The van der Waals surface area contributed by atoms with Gasteiger partial charge in [0.2, 0.25) is 0 Å². The molecule has 110 valence electrons. The van der Waals surface area contributed by atoms with Crippen LogP contribution in [0.5, 0.6) is 0 Å². The average Bonchev–Trinajstić information content (AvgIpc) is 2.42. The van der Waals surface area contributed by atoms with E-state index in [1.54, 1.807) is 6.07 Å². The van der Waals surface area contributed by atoms with Crippen LogP contribution < -0.4 is 5.32 Å². The van der Waals surface area contributed by atoms with E-state index >= 15 is 0 Å². The van der Waals surface area contributed by atoms with Crippen LogP contribution in [-0.4, -0.2) is 36.5 Å². The van der Waals surface area contributed by atoms with Crippen molar-refractivity contribution in [1.82, 2.24) is 4.90 Å². The van der Waals surface area contributed by atoms with E-state index in [9.17, 15) is 10.1 Å². The summed E-state index contributed by atoms with van der Waals surface area (Å²) in [4.78, 5) is 12.6. The van der Waals surface area contributed by atoms with Gasteiger partial charge in [-0.2, -0.15) is 0 Å². The number of non-ortho nitro benzene ring substituents is 1. The zero-order chi connectivity index (χ0) is 14.5. The lowest BCUT2D eigenvalue weighted by Gasteiger charge is -2.29. The first-order chi connectivity index (χ1) is 9.56. The van der Waals surface area contributed by atoms with Gasteiger partial charge >= 0.3 is 0 Å². The minimum atomic E-state index is -0.436. The molecule has 2 rings (SSSR count). The monoisotopic (exact) mass is 297 g/mol. The second-order valence-electron chi connectivity index (χ2n) is 5.38. The molecule has 1 aliphatic heterocycles. The third-order valence-electron chi connectivity index (χ3n) is 3.87. The van der Waals surface area contributed by atoms with Crippen LogP contribution in [0, 0.1) is 16.0 Å². The molecule has 0 amide bonds. The highest BCUT2D eigenvalue weighted by Crippen LogP contribution is 2.27. The van der Waals surface area contributed by atoms with Crippen LogP contribution >= 0.6 is 11.6 Å². The number of hydrogen-bond donors (Lipinski definition) is 1. The standard InChI is InChI=1S/C14H20ClN3O2/c1-17-8-5-11(6-9-17)4-7-16-14-3-2-12(18(19)20)10-13(14)15/h2-3,10-11,16H,4-9H2,1H3. The van der Waals surface area contributed by atoms with Crippen LogP contribution in [0.25, 0.3) is 0 Å². The largest absolute Gasteiger partial charge is 0.384 e. The molecule has 6 heteroatoms. The molecule has 20 heavy (non-hydrogen) atoms. The van der Waals surface area contributed by atoms with Gasteiger partial charge in [-0.1, -0.05) is 11.6 Å². The predicted octanol–water partition coefficient (Wildman–Crippen LogP) is 3.39. The Morgan fingerprint density at radius 1 is 1.45 bits per heavy atom. The first kappa shape index (κ1) is 15.1. The number of benzene rings is 1. The van der Waals surface area contributed by atoms with Crippen molar-refractivity contribution in [2.75, 3.05) is 32.0 Å². The minimum Gasteiger partial charge on any atom is -0.384 e. The molecular formula is C14H20ClN3O2. The molecule has 1 aliphatic rings. The van der Waals surface area contributed by atoms with Crippen LogP contribution in [-0.2, 0) is 0 Å². The fourth-order valence-corrected chi connectivity index (χ4v) is 2.76. The summed E-state index contributed by atoms with van der Waals surface area (Å²) in [7, 11) is 2.16. The highest BCUT2D eigenvalue weighted by molar-refractivity contribution is 6.33. The van der Waals surface area contributed by atoms with E-state index in [0.29, 0.717) is 5.02 Å². The Morgan fingerprint density at radius 3 is 2.75 bits per heavy atom. The number of nitro benzene ring substituents is 1. The Bertz CT molecular complexity index is 473. The summed E-state index contributed by atoms with van der Waals surface area (Å²) in [5, 5.41) is 14.3. The van der Waals surface area contributed by atoms with Gasteiger partial charge in [0.05, 0.1) is 15.6 Å². The summed E-state index contributed by atoms with van der Waals surface area (Å²) >= 11 is 6.04. The zero-order valence-corrected chi connectivity index (χ0v) is 12.4. The molecular weight excluding hydrogens is 278 g/mol. The fourth-order valence-electron chi connectivity index (χ4n) is 2.52. The van der Waals surface area contributed by atoms with E-state index in [4.69, 9.17) is 11.6 Å². The smallest absolute Gasteiger partial charge is 0.271 e. The highest BCUT2D eigenvalue weighted by Gasteiger charge is 2.16. The number of halogens is 1. The van der Waals surface area contributed by atoms with Crippen molar-refractivity contribution in [1.29, 1.82) is 0 Å². The SMILES string of the molecule is CN1CCC(CCNc2ccc([N+](=O)[O-])cc2Cl)CC1. The molecule has 5 nitrogen and oxygen atoms in total. The first-order valence-electron chi connectivity index (χ1n) is 6.92. The second kappa shape index (κ2) is 6.90. The van der Waals surface area contributed by atoms with Gasteiger partial charge in [-0.25, -0.2) is 0 Å². The maximum absolute atomic E-state index is 10.6. The van der Waals surface area contributed by atoms with Crippen molar-refractivity contribution in [2.24, 2.45) is 5.92 Å². The number of piperidine rings is 1. The third-order valence-corrected chi connectivity index (χ3v) is 4.18. The van der Waals surface area contributed by atoms with E-state index in [-0.39, 0.29) is 5.69 Å². The molecule has 1 N–H and O–H groups in total. The summed E-state index contributed by atoms with van der Waals surface area (Å²) in [6.45, 7) is 3.19. The van der Waals surface area contributed by atoms with Crippen LogP contribution in [0.15, 0.2) is 18.2 Å². The molecule has 0 saturated carbocycles. The van der Waals surface area contributed by atoms with Crippen LogP contribution in [0.3, 0.4) is 0 Å². The number of anilines is 1. The molecule has 1 saturated heterocycles. The minimum absolute atomic E-state index is 0.0240. The van der Waals surface area contributed by atoms with Crippen molar-refractivity contribution >= 4 is 23.0 Å². The molecule has 1 fully saturated rings. The highest BCUT2D eigenvalue weighted by atomic mass is 35.5. The molecule has 0 aromatic heterocycles. The number of likely N-dealkylation sites (tertiary alicyclic amines) is 1. The van der Waals surface area contributed by atoms with Gasteiger partial charge in [0, 0.05) is 18.7 Å². The predicted molar refractivity (Wildman–Crippen MR) is 81.4 cm³/mol. The topological polar surface area (TPSA) is 58.4 Å². The maximum Gasteiger partial charge on any atom is 0.271 e. The lowest BCUT2D eigenvalue weighted by molar-refractivity contribution is -0.384. The van der Waals surface area contributed by atoms with Gasteiger partial charge in [-0.15, -0.1) is 0 Å². The van der Waals surface area contributed by atoms with Crippen LogP contribution in [0.4, 0.5) is 11.4 Å². The van der Waals surface area contributed by atoms with Crippen molar-refractivity contribution < 1.29 is 4.92 Å². The normalized spacial score (nSPS) is 17.1. The summed E-state index contributed by atoms with van der Waals surface area (Å²) in [6.07, 6.45) is 3.60. The zero-order valence-electron chi connectivity index (χ0n) is 11.6. The van der Waals surface area contributed by atoms with E-state index in [0.717, 1.165) is 24.6 Å². The molecule has 0 bridgehead atoms. The number of nitro groups is 1. The van der Waals surface area contributed by atoms with Crippen LogP contribution in [0.2, 0.25) is 5.02 Å². The van der Waals surface area contributed by atoms with E-state index in [1.807, 2.05) is 0 Å². The van der Waals surface area contributed by atoms with Crippen molar-refractivity contribution in [3.05, 3.63) is 33.3 Å². The molecule has 0 spiro atoms. The third kappa shape index (κ3) is 4.08. The maximum atomic E-state index is 10.6. The number of nitrogens with zero attached hydrogens (tertiary/aromatic N) is 2. The molecule has 1 aromatic carbocycles. The van der Waals surface area contributed by atoms with E-state index in [1.165, 1.54) is 38.1 Å². The summed E-state index contributed by atoms with van der Waals surface area (Å²) < 4.78 is 0. The molecule has 1 aromatic rings. The van der Waals surface area contributed by atoms with E-state index < -0.39 is 4.92 Å². The quantitative estimate of drug-likeness (QED) is 0.668. The fraction of sp³-hybridized carbons (Fsp3) is 0.571. The Kier molecular flexibility index (Phi) is 5.20. The van der Waals surface area contributed by atoms with Crippen molar-refractivity contribution in [3.63, 3.8) is 0 Å². The van der Waals surface area contributed by atoms with Gasteiger partial charge in [-0.05, 0) is 51.4 Å². The Balaban J connectivity index is 1.81. The summed E-state index contributed by atoms with van der Waals surface area (Å²) in [5.74, 6) is 0.760. The number of nitrogens with one attached hydrogen (secondary N) is 1. The molecule has 0 unspecified atom stereocenters. The molecule has 1 heterocycles. The van der Waals surface area contributed by atoms with Gasteiger partial charge < -0.3 is 10.2 Å². The van der Waals surface area contributed by atoms with Gasteiger partial charge in [0.25, 0.3) is 5.69 Å². The van der Waals surface area contributed by atoms with Crippen molar-refractivity contribution in [2.45, 2.75) is 19.3 Å². The average molecular weight is 298 g/mol. The van der Waals surface area contributed by atoms with E-state index in [2.05, 4.69) is 17.3 Å². The molecule has 0 aliphatic carbocycles. The van der Waals surface area contributed by atoms with Gasteiger partial charge in [0.15, 0.2) is 0 Å². The molecule has 0 radical (unpaired) electrons. The summed E-state index contributed by atoms with van der Waals surface area (Å²) in [5.41, 5.74) is 0.793. The second-order valence-corrected chi connectivity index (χ2v) is 5.79. The summed E-state index contributed by atoms with van der Waals surface area (Å²) in [6, 6.07) is 4.54. The Labute approximate surface area is 124 Å². The first-order valence-corrected chi connectivity index (χ1v) is 7.30. The lowest BCUT2D eigenvalue weighted by Crippen LogP contribution is -2.30. The Hall–Kier alpha value is -1.33. The van der Waals surface area contributed by atoms with Gasteiger partial charge in [-0.3, -0.25) is 10.1 Å². The molecule has 0 atom stereocenters. The van der Waals surface area contributed by atoms with Crippen molar-refractivity contribution in [3.8, 4) is 0 Å². The van der Waals surface area contributed by atoms with Crippen LogP contribution in [0.1, 0.15) is 19.3 Å². The lowest BCUT2D eigenvalue weighted by atomic mass is 9.94. The van der Waals surface area contributed by atoms with Gasteiger partial charge in [0.1, 0.15) is 0 Å². The Morgan fingerprint density at radius 2 is 2.15 bits per heavy atom. The number of rotatable bonds is 5. The number of hydrogen-bond acceptors (Lipinski definition) is 4.